The van der Waals surface area contributed by atoms with Crippen LogP contribution in [0.3, 0.4) is 0 Å². The summed E-state index contributed by atoms with van der Waals surface area (Å²) in [6.07, 6.45) is 3.25. The monoisotopic (exact) mass is 161 g/mol. The summed E-state index contributed by atoms with van der Waals surface area (Å²) in [5.74, 6) is 1.37. The number of aromatic nitrogens is 1. The molecule has 1 heteroatoms. The summed E-state index contributed by atoms with van der Waals surface area (Å²) < 4.78 is 0. The fraction of sp³-hybridized carbons (Fsp3) is 0.545. The Hall–Kier alpha value is -0.850. The van der Waals surface area contributed by atoms with E-state index < -0.39 is 0 Å². The summed E-state index contributed by atoms with van der Waals surface area (Å²) in [6, 6.07) is 2.29. The highest BCUT2D eigenvalue weighted by Gasteiger charge is 2.25. The first-order valence-corrected chi connectivity index (χ1v) is 4.65. The maximum Gasteiger partial charge on any atom is 0.0466 e. The first-order valence-electron chi connectivity index (χ1n) is 4.65. The zero-order valence-electron chi connectivity index (χ0n) is 7.96. The maximum atomic E-state index is 4.49. The minimum atomic E-state index is 0.663. The van der Waals surface area contributed by atoms with E-state index in [0.717, 1.165) is 0 Å². The lowest BCUT2D eigenvalue weighted by Gasteiger charge is -2.03. The van der Waals surface area contributed by atoms with Crippen LogP contribution < -0.4 is 0 Å². The van der Waals surface area contributed by atoms with Crippen LogP contribution in [0.5, 0.6) is 0 Å². The lowest BCUT2D eigenvalue weighted by molar-refractivity contribution is 0.655. The zero-order chi connectivity index (χ0) is 8.72. The molecular formula is C11H15N. The van der Waals surface area contributed by atoms with Gasteiger partial charge in [0.05, 0.1) is 0 Å². The van der Waals surface area contributed by atoms with Gasteiger partial charge in [-0.15, -0.1) is 0 Å². The van der Waals surface area contributed by atoms with Crippen molar-refractivity contribution < 1.29 is 0 Å². The molecule has 0 bridgehead atoms. The molecule has 1 aliphatic carbocycles. The number of hydrogen-bond acceptors (Lipinski definition) is 1. The van der Waals surface area contributed by atoms with Gasteiger partial charge >= 0.3 is 0 Å². The molecule has 0 N–H and O–H groups in total. The van der Waals surface area contributed by atoms with Crippen LogP contribution in [0.1, 0.15) is 48.9 Å². The topological polar surface area (TPSA) is 12.9 Å². The molecule has 64 valence electrons. The number of fused-ring (bicyclic) bond motifs is 1. The highest BCUT2D eigenvalue weighted by atomic mass is 14.7. The van der Waals surface area contributed by atoms with Crippen LogP contribution in [0.4, 0.5) is 0 Å². The SMILES string of the molecule is Cc1cnc2c(c1)C(C)CC2C. The van der Waals surface area contributed by atoms with Gasteiger partial charge < -0.3 is 0 Å². The lowest BCUT2D eigenvalue weighted by atomic mass is 10.0. The molecule has 0 aromatic carbocycles. The Bertz CT molecular complexity index is 304. The Morgan fingerprint density at radius 1 is 1.33 bits per heavy atom. The average Bonchev–Trinajstić information content (AvgIpc) is 2.28. The largest absolute Gasteiger partial charge is 0.260 e. The quantitative estimate of drug-likeness (QED) is 0.570. The summed E-state index contributed by atoms with van der Waals surface area (Å²) in [7, 11) is 0. The van der Waals surface area contributed by atoms with Crippen LogP contribution in [0.15, 0.2) is 12.3 Å². The molecule has 1 aromatic rings. The van der Waals surface area contributed by atoms with E-state index in [0.29, 0.717) is 11.8 Å². The second-order valence-corrected chi connectivity index (χ2v) is 4.02. The van der Waals surface area contributed by atoms with Gasteiger partial charge in [0.25, 0.3) is 0 Å². The number of aryl methyl sites for hydroxylation is 1. The normalized spacial score (nSPS) is 27.2. The molecule has 0 amide bonds. The molecule has 1 heterocycles. The third-order valence-electron chi connectivity index (χ3n) is 2.79. The van der Waals surface area contributed by atoms with Crippen LogP contribution in [0.2, 0.25) is 0 Å². The Morgan fingerprint density at radius 2 is 2.08 bits per heavy atom. The molecule has 1 nitrogen and oxygen atoms in total. The fourth-order valence-electron chi connectivity index (χ4n) is 2.18. The molecule has 0 radical (unpaired) electrons. The van der Waals surface area contributed by atoms with E-state index in [9.17, 15) is 0 Å². The molecule has 0 saturated carbocycles. The average molecular weight is 161 g/mol. The van der Waals surface area contributed by atoms with E-state index in [1.165, 1.54) is 23.2 Å². The van der Waals surface area contributed by atoms with Crippen LogP contribution in [-0.2, 0) is 0 Å². The van der Waals surface area contributed by atoms with Crippen LogP contribution in [0.25, 0.3) is 0 Å². The standard InChI is InChI=1S/C11H15N/c1-7-4-10-8(2)5-9(3)11(10)12-6-7/h4,6,8-9H,5H2,1-3H3. The second kappa shape index (κ2) is 2.58. The van der Waals surface area contributed by atoms with E-state index in [-0.39, 0.29) is 0 Å². The summed E-state index contributed by atoms with van der Waals surface area (Å²) in [5, 5.41) is 0. The predicted octanol–water partition coefficient (Wildman–Crippen LogP) is 3.00. The molecule has 1 aromatic heterocycles. The van der Waals surface area contributed by atoms with Crippen LogP contribution in [0, 0.1) is 6.92 Å². The molecule has 1 aliphatic rings. The van der Waals surface area contributed by atoms with Crippen LogP contribution >= 0.6 is 0 Å². The van der Waals surface area contributed by atoms with Gasteiger partial charge in [-0.1, -0.05) is 19.9 Å². The Balaban J connectivity index is 2.53. The summed E-state index contributed by atoms with van der Waals surface area (Å²) in [4.78, 5) is 4.49. The van der Waals surface area contributed by atoms with Gasteiger partial charge in [-0.25, -0.2) is 0 Å². The van der Waals surface area contributed by atoms with Gasteiger partial charge in [0, 0.05) is 11.9 Å². The molecule has 2 atom stereocenters. The Kier molecular flexibility index (Phi) is 1.67. The summed E-state index contributed by atoms with van der Waals surface area (Å²) >= 11 is 0. The maximum absolute atomic E-state index is 4.49. The third kappa shape index (κ3) is 1.04. The van der Waals surface area contributed by atoms with Crippen molar-refractivity contribution in [1.82, 2.24) is 4.98 Å². The molecule has 2 unspecified atom stereocenters. The molecule has 0 spiro atoms. The highest BCUT2D eigenvalue weighted by molar-refractivity contribution is 5.34. The Labute approximate surface area is 73.8 Å². The number of rotatable bonds is 0. The van der Waals surface area contributed by atoms with Crippen molar-refractivity contribution in [3.63, 3.8) is 0 Å². The van der Waals surface area contributed by atoms with Gasteiger partial charge in [0.1, 0.15) is 0 Å². The second-order valence-electron chi connectivity index (χ2n) is 4.02. The number of pyridine rings is 1. The van der Waals surface area contributed by atoms with Crippen LogP contribution in [-0.4, -0.2) is 4.98 Å². The lowest BCUT2D eigenvalue weighted by Crippen LogP contribution is -1.92. The molecule has 0 saturated heterocycles. The van der Waals surface area contributed by atoms with Gasteiger partial charge in [-0.05, 0) is 36.3 Å². The first-order chi connectivity index (χ1) is 5.68. The van der Waals surface area contributed by atoms with Crippen molar-refractivity contribution >= 4 is 0 Å². The van der Waals surface area contributed by atoms with Crippen molar-refractivity contribution in [3.05, 3.63) is 29.1 Å². The zero-order valence-corrected chi connectivity index (χ0v) is 7.96. The van der Waals surface area contributed by atoms with Gasteiger partial charge in [-0.2, -0.15) is 0 Å². The van der Waals surface area contributed by atoms with Crippen molar-refractivity contribution in [3.8, 4) is 0 Å². The number of hydrogen-bond donors (Lipinski definition) is 0. The molecule has 12 heavy (non-hydrogen) atoms. The summed E-state index contributed by atoms with van der Waals surface area (Å²) in [6.45, 7) is 6.68. The molecular weight excluding hydrogens is 146 g/mol. The highest BCUT2D eigenvalue weighted by Crippen LogP contribution is 2.39. The van der Waals surface area contributed by atoms with Gasteiger partial charge in [-0.3, -0.25) is 4.98 Å². The van der Waals surface area contributed by atoms with E-state index in [1.54, 1.807) is 0 Å². The smallest absolute Gasteiger partial charge is 0.0466 e. The Morgan fingerprint density at radius 3 is 2.83 bits per heavy atom. The molecule has 2 rings (SSSR count). The first kappa shape index (κ1) is 7.78. The number of nitrogens with zero attached hydrogens (tertiary/aromatic N) is 1. The molecule has 0 aliphatic heterocycles. The fourth-order valence-corrected chi connectivity index (χ4v) is 2.18. The van der Waals surface area contributed by atoms with E-state index >= 15 is 0 Å². The van der Waals surface area contributed by atoms with Gasteiger partial charge in [0.15, 0.2) is 0 Å². The van der Waals surface area contributed by atoms with Crippen molar-refractivity contribution in [2.24, 2.45) is 0 Å². The van der Waals surface area contributed by atoms with Crippen molar-refractivity contribution in [2.45, 2.75) is 39.0 Å². The predicted molar refractivity (Wildman–Crippen MR) is 50.4 cm³/mol. The van der Waals surface area contributed by atoms with Gasteiger partial charge in [0.2, 0.25) is 0 Å². The van der Waals surface area contributed by atoms with Crippen molar-refractivity contribution in [1.29, 1.82) is 0 Å². The minimum absolute atomic E-state index is 0.663. The third-order valence-corrected chi connectivity index (χ3v) is 2.79. The summed E-state index contributed by atoms with van der Waals surface area (Å²) in [5.41, 5.74) is 4.09. The van der Waals surface area contributed by atoms with E-state index in [2.05, 4.69) is 31.8 Å². The van der Waals surface area contributed by atoms with Crippen molar-refractivity contribution in [2.75, 3.05) is 0 Å². The minimum Gasteiger partial charge on any atom is -0.260 e. The van der Waals surface area contributed by atoms with E-state index in [4.69, 9.17) is 0 Å². The van der Waals surface area contributed by atoms with E-state index in [1.807, 2.05) is 6.20 Å². The molecule has 0 fully saturated rings.